The lowest BCUT2D eigenvalue weighted by Gasteiger charge is -2.37. The summed E-state index contributed by atoms with van der Waals surface area (Å²) < 4.78 is 0. The van der Waals surface area contributed by atoms with Gasteiger partial charge in [-0.05, 0) is 71.9 Å². The number of hydrogen-bond acceptors (Lipinski definition) is 7. The molecular weight excluding hydrogens is 400 g/mol. The zero-order chi connectivity index (χ0) is 22.7. The van der Waals surface area contributed by atoms with Crippen molar-refractivity contribution in [3.63, 3.8) is 0 Å². The van der Waals surface area contributed by atoms with Crippen LogP contribution in [0.5, 0.6) is 0 Å². The Morgan fingerprint density at radius 3 is 2.66 bits per heavy atom. The molecule has 7 heteroatoms. The second kappa shape index (κ2) is 10.3. The standard InChI is InChI=1S/C25H40N6O/c1-5-7-17(2)28-25-27-15-22-23(29-25)21(18-9-11-20(32)12-10-18)14-26-24(22)31-13-6-8-19(16-31)30(3)4/h14-15,17-20,32H,5-13,16H2,1-4H3,(H,27,28,29)/t17?,18?,19-,20?/m1/s1. The summed E-state index contributed by atoms with van der Waals surface area (Å²) in [5.41, 5.74) is 2.25. The predicted molar refractivity (Wildman–Crippen MR) is 131 cm³/mol. The first-order valence-electron chi connectivity index (χ1n) is 12.5. The largest absolute Gasteiger partial charge is 0.393 e. The van der Waals surface area contributed by atoms with Crippen molar-refractivity contribution in [2.45, 2.75) is 89.3 Å². The molecule has 3 heterocycles. The van der Waals surface area contributed by atoms with E-state index in [0.717, 1.165) is 68.3 Å². The Balaban J connectivity index is 1.71. The van der Waals surface area contributed by atoms with E-state index in [1.165, 1.54) is 18.4 Å². The summed E-state index contributed by atoms with van der Waals surface area (Å²) in [5, 5.41) is 14.6. The number of aliphatic hydroxyl groups excluding tert-OH is 1. The molecule has 0 spiro atoms. The zero-order valence-electron chi connectivity index (χ0n) is 20.2. The Hall–Kier alpha value is -1.99. The summed E-state index contributed by atoms with van der Waals surface area (Å²) in [6.07, 6.45) is 12.2. The highest BCUT2D eigenvalue weighted by molar-refractivity contribution is 5.92. The molecule has 176 valence electrons. The number of rotatable bonds is 7. The Morgan fingerprint density at radius 2 is 1.94 bits per heavy atom. The van der Waals surface area contributed by atoms with Crippen LogP contribution in [0.25, 0.3) is 10.9 Å². The van der Waals surface area contributed by atoms with Gasteiger partial charge in [0, 0.05) is 43.1 Å². The van der Waals surface area contributed by atoms with Crippen molar-refractivity contribution >= 4 is 22.7 Å². The zero-order valence-corrected chi connectivity index (χ0v) is 20.2. The summed E-state index contributed by atoms with van der Waals surface area (Å²) in [6, 6.07) is 0.881. The smallest absolute Gasteiger partial charge is 0.223 e. The van der Waals surface area contributed by atoms with Gasteiger partial charge in [0.1, 0.15) is 5.82 Å². The van der Waals surface area contributed by atoms with Crippen LogP contribution < -0.4 is 10.2 Å². The minimum atomic E-state index is -0.164. The van der Waals surface area contributed by atoms with E-state index in [1.807, 2.05) is 6.20 Å². The van der Waals surface area contributed by atoms with E-state index in [0.29, 0.717) is 23.9 Å². The van der Waals surface area contributed by atoms with Crippen LogP contribution in [0.2, 0.25) is 0 Å². The number of aromatic nitrogens is 3. The minimum absolute atomic E-state index is 0.164. The average molecular weight is 441 g/mol. The Bertz CT molecular complexity index is 895. The van der Waals surface area contributed by atoms with E-state index in [4.69, 9.17) is 15.0 Å². The van der Waals surface area contributed by atoms with Crippen LogP contribution in [0.4, 0.5) is 11.8 Å². The average Bonchev–Trinajstić information content (AvgIpc) is 2.79. The van der Waals surface area contributed by atoms with Crippen molar-refractivity contribution < 1.29 is 5.11 Å². The number of pyridine rings is 1. The normalized spacial score (nSPS) is 25.3. The van der Waals surface area contributed by atoms with Crippen molar-refractivity contribution in [3.05, 3.63) is 18.0 Å². The second-order valence-electron chi connectivity index (χ2n) is 10.0. The van der Waals surface area contributed by atoms with Gasteiger partial charge in [-0.2, -0.15) is 0 Å². The third-order valence-electron chi connectivity index (χ3n) is 7.29. The number of anilines is 2. The van der Waals surface area contributed by atoms with Crippen molar-refractivity contribution in [1.82, 2.24) is 19.9 Å². The number of nitrogens with zero attached hydrogens (tertiary/aromatic N) is 5. The lowest BCUT2D eigenvalue weighted by Crippen LogP contribution is -2.45. The minimum Gasteiger partial charge on any atom is -0.393 e. The molecule has 2 fully saturated rings. The van der Waals surface area contributed by atoms with Gasteiger partial charge >= 0.3 is 0 Å². The third kappa shape index (κ3) is 5.15. The van der Waals surface area contributed by atoms with Gasteiger partial charge in [0.05, 0.1) is 17.0 Å². The molecule has 4 rings (SSSR count). The quantitative estimate of drug-likeness (QED) is 0.669. The molecule has 0 amide bonds. The van der Waals surface area contributed by atoms with Crippen LogP contribution in [0.15, 0.2) is 12.4 Å². The molecule has 2 aromatic rings. The lowest BCUT2D eigenvalue weighted by atomic mass is 9.82. The topological polar surface area (TPSA) is 77.4 Å². The van der Waals surface area contributed by atoms with Gasteiger partial charge in [-0.1, -0.05) is 13.3 Å². The molecule has 0 bridgehead atoms. The van der Waals surface area contributed by atoms with E-state index in [9.17, 15) is 5.11 Å². The molecule has 1 aliphatic carbocycles. The molecule has 1 aliphatic heterocycles. The maximum Gasteiger partial charge on any atom is 0.223 e. The van der Waals surface area contributed by atoms with Crippen LogP contribution in [0.1, 0.15) is 76.7 Å². The fraction of sp³-hybridized carbons (Fsp3) is 0.720. The van der Waals surface area contributed by atoms with Crippen molar-refractivity contribution in [3.8, 4) is 0 Å². The molecule has 2 N–H and O–H groups in total. The van der Waals surface area contributed by atoms with Gasteiger partial charge in [-0.15, -0.1) is 0 Å². The fourth-order valence-corrected chi connectivity index (χ4v) is 5.33. The summed E-state index contributed by atoms with van der Waals surface area (Å²) >= 11 is 0. The maximum absolute atomic E-state index is 10.0. The number of hydrogen-bond donors (Lipinski definition) is 2. The molecule has 1 unspecified atom stereocenters. The van der Waals surface area contributed by atoms with Gasteiger partial charge in [0.25, 0.3) is 0 Å². The van der Waals surface area contributed by atoms with Gasteiger partial charge < -0.3 is 20.2 Å². The van der Waals surface area contributed by atoms with Crippen LogP contribution in [0, 0.1) is 0 Å². The predicted octanol–water partition coefficient (Wildman–Crippen LogP) is 4.17. The Morgan fingerprint density at radius 1 is 1.16 bits per heavy atom. The van der Waals surface area contributed by atoms with E-state index in [2.05, 4.69) is 49.3 Å². The van der Waals surface area contributed by atoms with Gasteiger partial charge in [-0.3, -0.25) is 0 Å². The van der Waals surface area contributed by atoms with E-state index >= 15 is 0 Å². The van der Waals surface area contributed by atoms with E-state index in [1.54, 1.807) is 0 Å². The number of fused-ring (bicyclic) bond motifs is 1. The van der Waals surface area contributed by atoms with Crippen LogP contribution in [-0.2, 0) is 0 Å². The highest BCUT2D eigenvalue weighted by Crippen LogP contribution is 2.38. The molecule has 1 saturated heterocycles. The van der Waals surface area contributed by atoms with Crippen molar-refractivity contribution in [2.75, 3.05) is 37.4 Å². The number of nitrogens with one attached hydrogen (secondary N) is 1. The molecule has 0 aromatic carbocycles. The molecule has 2 aliphatic rings. The number of likely N-dealkylation sites (N-methyl/N-ethyl adjacent to an activating group) is 1. The lowest BCUT2D eigenvalue weighted by molar-refractivity contribution is 0.122. The Kier molecular flexibility index (Phi) is 7.46. The maximum atomic E-state index is 10.0. The number of aliphatic hydroxyl groups is 1. The summed E-state index contributed by atoms with van der Waals surface area (Å²) in [4.78, 5) is 19.5. The summed E-state index contributed by atoms with van der Waals surface area (Å²) in [5.74, 6) is 2.12. The fourth-order valence-electron chi connectivity index (χ4n) is 5.33. The first kappa shape index (κ1) is 23.2. The SMILES string of the molecule is CCCC(C)Nc1ncc2c(N3CCC[C@@H](N(C)C)C3)ncc(C3CCC(O)CC3)c2n1. The van der Waals surface area contributed by atoms with E-state index < -0.39 is 0 Å². The highest BCUT2D eigenvalue weighted by atomic mass is 16.3. The number of piperidine rings is 1. The summed E-state index contributed by atoms with van der Waals surface area (Å²) in [6.45, 7) is 6.40. The Labute approximate surface area is 192 Å². The van der Waals surface area contributed by atoms with Crippen molar-refractivity contribution in [1.29, 1.82) is 0 Å². The molecule has 32 heavy (non-hydrogen) atoms. The van der Waals surface area contributed by atoms with Crippen molar-refractivity contribution in [2.24, 2.45) is 0 Å². The first-order valence-corrected chi connectivity index (χ1v) is 12.5. The van der Waals surface area contributed by atoms with E-state index in [-0.39, 0.29) is 6.10 Å². The highest BCUT2D eigenvalue weighted by Gasteiger charge is 2.27. The monoisotopic (exact) mass is 440 g/mol. The first-order chi connectivity index (χ1) is 15.5. The van der Waals surface area contributed by atoms with Gasteiger partial charge in [-0.25, -0.2) is 15.0 Å². The molecule has 1 saturated carbocycles. The van der Waals surface area contributed by atoms with Crippen LogP contribution >= 0.6 is 0 Å². The molecule has 0 radical (unpaired) electrons. The van der Waals surface area contributed by atoms with Crippen LogP contribution in [-0.4, -0.2) is 70.3 Å². The van der Waals surface area contributed by atoms with Gasteiger partial charge in [0.2, 0.25) is 5.95 Å². The van der Waals surface area contributed by atoms with Gasteiger partial charge in [0.15, 0.2) is 0 Å². The summed E-state index contributed by atoms with van der Waals surface area (Å²) in [7, 11) is 4.33. The molecule has 7 nitrogen and oxygen atoms in total. The third-order valence-corrected chi connectivity index (χ3v) is 7.29. The van der Waals surface area contributed by atoms with Crippen LogP contribution in [0.3, 0.4) is 0 Å². The molecule has 2 atom stereocenters. The molecule has 2 aromatic heterocycles. The second-order valence-corrected chi connectivity index (χ2v) is 10.0. The molecular formula is C25H40N6O.